The molecule has 4 rings (SSSR count). The third-order valence-electron chi connectivity index (χ3n) is 5.52. The standard InChI is InChI=1S/C19H24N2O3/c1-23-13-16-6-5-15(24-16)11-21-10-14-7-8-19(22,17(14)12-21)18-4-2-3-9-20-18/h2-6,9,14,17,22H,7-8,10-13H2,1H3/t14-,17+,19-/m0/s1. The highest BCUT2D eigenvalue weighted by atomic mass is 16.5. The van der Waals surface area contributed by atoms with E-state index in [1.54, 1.807) is 13.3 Å². The average molecular weight is 328 g/mol. The molecule has 1 aliphatic carbocycles. The molecule has 0 spiro atoms. The minimum Gasteiger partial charge on any atom is -0.462 e. The van der Waals surface area contributed by atoms with E-state index in [4.69, 9.17) is 9.15 Å². The van der Waals surface area contributed by atoms with E-state index in [1.165, 1.54) is 0 Å². The van der Waals surface area contributed by atoms with Crippen molar-refractivity contribution in [3.63, 3.8) is 0 Å². The maximum absolute atomic E-state index is 11.3. The first kappa shape index (κ1) is 15.8. The molecule has 128 valence electrons. The van der Waals surface area contributed by atoms with Gasteiger partial charge in [-0.3, -0.25) is 9.88 Å². The summed E-state index contributed by atoms with van der Waals surface area (Å²) in [7, 11) is 1.67. The molecule has 5 nitrogen and oxygen atoms in total. The maximum Gasteiger partial charge on any atom is 0.129 e. The van der Waals surface area contributed by atoms with Crippen LogP contribution in [0.2, 0.25) is 0 Å². The van der Waals surface area contributed by atoms with Gasteiger partial charge in [-0.05, 0) is 43.0 Å². The van der Waals surface area contributed by atoms with E-state index >= 15 is 0 Å². The largest absolute Gasteiger partial charge is 0.462 e. The van der Waals surface area contributed by atoms with E-state index in [2.05, 4.69) is 9.88 Å². The molecule has 0 radical (unpaired) electrons. The molecule has 1 aliphatic heterocycles. The topological polar surface area (TPSA) is 58.7 Å². The van der Waals surface area contributed by atoms with Crippen LogP contribution in [0, 0.1) is 11.8 Å². The van der Waals surface area contributed by atoms with E-state index in [-0.39, 0.29) is 5.92 Å². The van der Waals surface area contributed by atoms with E-state index in [0.717, 1.165) is 49.7 Å². The van der Waals surface area contributed by atoms with Crippen molar-refractivity contribution in [2.24, 2.45) is 11.8 Å². The van der Waals surface area contributed by atoms with E-state index in [0.29, 0.717) is 12.5 Å². The summed E-state index contributed by atoms with van der Waals surface area (Å²) in [6.07, 6.45) is 3.64. The molecule has 2 aromatic rings. The average Bonchev–Trinajstić information content (AvgIpc) is 3.28. The summed E-state index contributed by atoms with van der Waals surface area (Å²) in [5, 5.41) is 11.3. The smallest absolute Gasteiger partial charge is 0.129 e. The van der Waals surface area contributed by atoms with Gasteiger partial charge in [-0.25, -0.2) is 0 Å². The Bertz CT molecular complexity index is 687. The van der Waals surface area contributed by atoms with Crippen molar-refractivity contribution < 1.29 is 14.3 Å². The van der Waals surface area contributed by atoms with Gasteiger partial charge in [-0.15, -0.1) is 0 Å². The number of aromatic nitrogens is 1. The van der Waals surface area contributed by atoms with Gasteiger partial charge < -0.3 is 14.3 Å². The molecule has 3 heterocycles. The van der Waals surface area contributed by atoms with Gasteiger partial charge >= 0.3 is 0 Å². The number of pyridine rings is 1. The molecule has 1 saturated carbocycles. The highest BCUT2D eigenvalue weighted by molar-refractivity contribution is 5.19. The number of likely N-dealkylation sites (tertiary alicyclic amines) is 1. The molecule has 0 bridgehead atoms. The SMILES string of the molecule is COCc1ccc(CN2C[C@@H]3CC[C@@](O)(c4ccccn4)[C@@H]3C2)o1. The van der Waals surface area contributed by atoms with Crippen molar-refractivity contribution in [1.29, 1.82) is 0 Å². The number of rotatable bonds is 5. The summed E-state index contributed by atoms with van der Waals surface area (Å²) in [5.74, 6) is 2.60. The number of hydrogen-bond donors (Lipinski definition) is 1. The first-order valence-corrected chi connectivity index (χ1v) is 8.62. The highest BCUT2D eigenvalue weighted by Gasteiger charge is 2.53. The van der Waals surface area contributed by atoms with Crippen LogP contribution in [0.5, 0.6) is 0 Å². The number of ether oxygens (including phenoxy) is 1. The predicted molar refractivity (Wildman–Crippen MR) is 89.0 cm³/mol. The minimum absolute atomic E-state index is 0.251. The quantitative estimate of drug-likeness (QED) is 0.914. The molecule has 24 heavy (non-hydrogen) atoms. The summed E-state index contributed by atoms with van der Waals surface area (Å²) in [4.78, 5) is 6.81. The van der Waals surface area contributed by atoms with Gasteiger partial charge in [0.1, 0.15) is 23.7 Å². The van der Waals surface area contributed by atoms with Crippen molar-refractivity contribution in [3.8, 4) is 0 Å². The Morgan fingerprint density at radius 2 is 2.17 bits per heavy atom. The van der Waals surface area contributed by atoms with Crippen molar-refractivity contribution in [1.82, 2.24) is 9.88 Å². The van der Waals surface area contributed by atoms with Crippen molar-refractivity contribution in [2.75, 3.05) is 20.2 Å². The zero-order valence-corrected chi connectivity index (χ0v) is 14.0. The van der Waals surface area contributed by atoms with Crippen LogP contribution in [0.15, 0.2) is 40.9 Å². The van der Waals surface area contributed by atoms with Crippen molar-refractivity contribution >= 4 is 0 Å². The lowest BCUT2D eigenvalue weighted by Gasteiger charge is -2.29. The lowest BCUT2D eigenvalue weighted by Crippen LogP contribution is -2.35. The van der Waals surface area contributed by atoms with E-state index in [9.17, 15) is 5.11 Å². The number of aliphatic hydroxyl groups is 1. The molecule has 3 atom stereocenters. The van der Waals surface area contributed by atoms with E-state index in [1.807, 2.05) is 30.3 Å². The Morgan fingerprint density at radius 1 is 1.29 bits per heavy atom. The van der Waals surface area contributed by atoms with Gasteiger partial charge in [0.25, 0.3) is 0 Å². The first-order valence-electron chi connectivity index (χ1n) is 8.62. The molecule has 5 heteroatoms. The Morgan fingerprint density at radius 3 is 2.96 bits per heavy atom. The van der Waals surface area contributed by atoms with Gasteiger partial charge in [0.05, 0.1) is 12.2 Å². The number of methoxy groups -OCH3 is 1. The summed E-state index contributed by atoms with van der Waals surface area (Å²) in [5.41, 5.74) is 0.0325. The van der Waals surface area contributed by atoms with Crippen molar-refractivity contribution in [3.05, 3.63) is 53.7 Å². The fourth-order valence-electron chi connectivity index (χ4n) is 4.40. The Hall–Kier alpha value is -1.69. The summed E-state index contributed by atoms with van der Waals surface area (Å²) in [6.45, 7) is 3.19. The molecule has 2 aromatic heterocycles. The monoisotopic (exact) mass is 328 g/mol. The van der Waals surface area contributed by atoms with Gasteiger partial charge in [-0.1, -0.05) is 6.07 Å². The number of hydrogen-bond acceptors (Lipinski definition) is 5. The summed E-state index contributed by atoms with van der Waals surface area (Å²) >= 11 is 0. The normalized spacial score (nSPS) is 29.9. The third-order valence-corrected chi connectivity index (χ3v) is 5.52. The van der Waals surface area contributed by atoms with Gasteiger partial charge in [0.2, 0.25) is 0 Å². The van der Waals surface area contributed by atoms with Crippen molar-refractivity contribution in [2.45, 2.75) is 31.6 Å². The lowest BCUT2D eigenvalue weighted by atomic mass is 9.85. The molecule has 1 N–H and O–H groups in total. The third kappa shape index (κ3) is 2.77. The fraction of sp³-hybridized carbons (Fsp3) is 0.526. The van der Waals surface area contributed by atoms with Crippen LogP contribution < -0.4 is 0 Å². The molecular weight excluding hydrogens is 304 g/mol. The molecular formula is C19H24N2O3. The van der Waals surface area contributed by atoms with Crippen LogP contribution in [0.3, 0.4) is 0 Å². The van der Waals surface area contributed by atoms with Gasteiger partial charge in [-0.2, -0.15) is 0 Å². The van der Waals surface area contributed by atoms with Crippen LogP contribution in [0.25, 0.3) is 0 Å². The predicted octanol–water partition coefficient (Wildman–Crippen LogP) is 2.55. The minimum atomic E-state index is -0.787. The lowest BCUT2D eigenvalue weighted by molar-refractivity contribution is -0.0110. The highest BCUT2D eigenvalue weighted by Crippen LogP contribution is 2.50. The van der Waals surface area contributed by atoms with Gasteiger partial charge in [0.15, 0.2) is 0 Å². The van der Waals surface area contributed by atoms with Crippen LogP contribution >= 0.6 is 0 Å². The Kier molecular flexibility index (Phi) is 4.16. The van der Waals surface area contributed by atoms with Gasteiger partial charge in [0, 0.05) is 32.3 Å². The van der Waals surface area contributed by atoms with Crippen LogP contribution in [-0.4, -0.2) is 35.2 Å². The summed E-state index contributed by atoms with van der Waals surface area (Å²) < 4.78 is 10.9. The van der Waals surface area contributed by atoms with Crippen LogP contribution in [0.1, 0.15) is 30.1 Å². The zero-order chi connectivity index (χ0) is 16.6. The second-order valence-corrected chi connectivity index (χ2v) is 7.04. The Balaban J connectivity index is 1.45. The number of fused-ring (bicyclic) bond motifs is 1. The Labute approximate surface area is 142 Å². The van der Waals surface area contributed by atoms with E-state index < -0.39 is 5.60 Å². The second kappa shape index (κ2) is 6.31. The molecule has 2 aliphatic rings. The molecule has 0 aromatic carbocycles. The fourth-order valence-corrected chi connectivity index (χ4v) is 4.40. The summed E-state index contributed by atoms with van der Waals surface area (Å²) in [6, 6.07) is 9.80. The number of nitrogens with zero attached hydrogens (tertiary/aromatic N) is 2. The first-order chi connectivity index (χ1) is 11.7. The molecule has 0 unspecified atom stereocenters. The van der Waals surface area contributed by atoms with Crippen LogP contribution in [-0.2, 0) is 23.5 Å². The van der Waals surface area contributed by atoms with Crippen LogP contribution in [0.4, 0.5) is 0 Å². The second-order valence-electron chi connectivity index (χ2n) is 7.04. The molecule has 2 fully saturated rings. The molecule has 1 saturated heterocycles. The number of furan rings is 1. The zero-order valence-electron chi connectivity index (χ0n) is 14.0. The molecule has 0 amide bonds. The maximum atomic E-state index is 11.3.